The zero-order valence-electron chi connectivity index (χ0n) is 26.8. The minimum absolute atomic E-state index is 0.142. The smallest absolute Gasteiger partial charge is 0.406 e. The number of ketones is 1. The molecule has 2 aliphatic heterocycles. The van der Waals surface area contributed by atoms with Gasteiger partial charge in [0, 0.05) is 74.9 Å². The van der Waals surface area contributed by atoms with Gasteiger partial charge in [0.2, 0.25) is 0 Å². The van der Waals surface area contributed by atoms with Gasteiger partial charge in [-0.05, 0) is 79.7 Å². The Morgan fingerprint density at radius 2 is 1.51 bits per heavy atom. The highest BCUT2D eigenvalue weighted by Crippen LogP contribution is 2.34. The van der Waals surface area contributed by atoms with Crippen molar-refractivity contribution < 1.29 is 22.7 Å². The second-order valence-corrected chi connectivity index (χ2v) is 13.0. The number of Topliss-reactive ketones (excluding diaryl/α,β-unsaturated/α-hetero) is 1. The van der Waals surface area contributed by atoms with E-state index in [1.807, 2.05) is 6.07 Å². The number of nitrogens with zero attached hydrogens (tertiary/aromatic N) is 3. The van der Waals surface area contributed by atoms with Crippen LogP contribution in [0.4, 0.5) is 13.2 Å². The van der Waals surface area contributed by atoms with Crippen molar-refractivity contribution in [2.75, 3.05) is 39.3 Å². The summed E-state index contributed by atoms with van der Waals surface area (Å²) in [7, 11) is 0. The number of fused-ring (bicyclic) bond motifs is 1. The van der Waals surface area contributed by atoms with Gasteiger partial charge in [-0.2, -0.15) is 0 Å². The van der Waals surface area contributed by atoms with Crippen LogP contribution in [0.1, 0.15) is 43.2 Å². The van der Waals surface area contributed by atoms with Crippen LogP contribution in [0.15, 0.2) is 79.0 Å². The lowest BCUT2D eigenvalue weighted by atomic mass is 9.83. The van der Waals surface area contributed by atoms with E-state index in [9.17, 15) is 18.0 Å². The number of unbranched alkanes of at least 4 members (excludes halogenated alkanes) is 1. The van der Waals surface area contributed by atoms with Crippen molar-refractivity contribution >= 4 is 16.7 Å². The maximum absolute atomic E-state index is 12.9. The van der Waals surface area contributed by atoms with E-state index in [1.54, 1.807) is 12.1 Å². The number of piperidine rings is 1. The molecule has 0 aliphatic carbocycles. The Hall–Kier alpha value is -3.70. The normalized spacial score (nSPS) is 17.6. The van der Waals surface area contributed by atoms with Crippen LogP contribution in [0.5, 0.6) is 5.75 Å². The summed E-state index contributed by atoms with van der Waals surface area (Å²) in [6.07, 6.45) is 0.723. The number of carbonyl (C=O) groups excluding carboxylic acids is 1. The molecule has 1 aromatic heterocycles. The van der Waals surface area contributed by atoms with Crippen molar-refractivity contribution in [3.63, 3.8) is 0 Å². The van der Waals surface area contributed by atoms with Crippen molar-refractivity contribution in [3.8, 4) is 16.9 Å². The summed E-state index contributed by atoms with van der Waals surface area (Å²) in [4.78, 5) is 17.9. The molecular weight excluding hydrogens is 603 g/mol. The number of benzene rings is 3. The summed E-state index contributed by atoms with van der Waals surface area (Å²) in [5, 5.41) is 4.33. The first kappa shape index (κ1) is 33.2. The highest BCUT2D eigenvalue weighted by molar-refractivity contribution is 5.96. The van der Waals surface area contributed by atoms with Crippen LogP contribution >= 0.6 is 0 Å². The first-order chi connectivity index (χ1) is 22.6. The lowest BCUT2D eigenvalue weighted by molar-refractivity contribution is -0.274. The molecule has 6 rings (SSSR count). The van der Waals surface area contributed by atoms with E-state index in [0.717, 1.165) is 93.8 Å². The molecular formula is C37H44F3N5O2. The molecule has 7 nitrogen and oxygen atoms in total. The van der Waals surface area contributed by atoms with Crippen molar-refractivity contribution in [2.24, 2.45) is 5.73 Å². The van der Waals surface area contributed by atoms with Gasteiger partial charge in [-0.15, -0.1) is 13.2 Å². The zero-order valence-corrected chi connectivity index (χ0v) is 26.8. The molecule has 0 radical (unpaired) electrons. The van der Waals surface area contributed by atoms with Gasteiger partial charge in [0.1, 0.15) is 5.75 Å². The van der Waals surface area contributed by atoms with Crippen LogP contribution in [-0.2, 0) is 24.4 Å². The van der Waals surface area contributed by atoms with Crippen LogP contribution in [0.3, 0.4) is 0 Å². The summed E-state index contributed by atoms with van der Waals surface area (Å²) < 4.78 is 44.7. The molecule has 2 saturated heterocycles. The Labute approximate surface area is 274 Å². The number of aryl methyl sites for hydroxylation is 1. The molecule has 4 aromatic rings. The van der Waals surface area contributed by atoms with Crippen molar-refractivity contribution in [1.82, 2.24) is 19.7 Å². The van der Waals surface area contributed by atoms with E-state index in [1.165, 1.54) is 23.3 Å². The van der Waals surface area contributed by atoms with E-state index in [-0.39, 0.29) is 11.5 Å². The number of nitrogens with one attached hydrogen (secondary N) is 1. The summed E-state index contributed by atoms with van der Waals surface area (Å²) in [5.41, 5.74) is 11.1. The quantitative estimate of drug-likeness (QED) is 0.175. The molecule has 250 valence electrons. The fourth-order valence-corrected chi connectivity index (χ4v) is 6.87. The molecule has 0 unspecified atom stereocenters. The number of aromatic nitrogens is 1. The summed E-state index contributed by atoms with van der Waals surface area (Å²) >= 11 is 0. The molecule has 3 heterocycles. The standard InChI is InChI=1S/C37H44F3N5O2/c38-37(39,40)47-31-12-10-30(11-13-31)33-27-45(19-5-4-8-35(46)36(41)15-17-42-18-16-36)34-14-9-29(24-32(33)34)26-44-22-20-43(21-23-44)25-28-6-2-1-3-7-28/h1-3,6-7,9-14,24,27,42H,4-5,8,15-23,25-26,41H2. The topological polar surface area (TPSA) is 75.8 Å². The van der Waals surface area contributed by atoms with Crippen LogP contribution in [0, 0.1) is 0 Å². The SMILES string of the molecule is NC1(C(=O)CCCCn2cc(-c3ccc(OC(F)(F)F)cc3)c3cc(CN4CCN(Cc5ccccc5)CC4)ccc32)CCNCC1. The lowest BCUT2D eigenvalue weighted by Crippen LogP contribution is -2.54. The largest absolute Gasteiger partial charge is 0.573 e. The number of rotatable bonds is 12. The molecule has 3 N–H and O–H groups in total. The van der Waals surface area contributed by atoms with Gasteiger partial charge in [-0.3, -0.25) is 14.6 Å². The van der Waals surface area contributed by atoms with Gasteiger partial charge in [0.05, 0.1) is 5.54 Å². The molecule has 2 fully saturated rings. The van der Waals surface area contributed by atoms with Gasteiger partial charge >= 0.3 is 6.36 Å². The van der Waals surface area contributed by atoms with Gasteiger partial charge in [0.15, 0.2) is 5.78 Å². The number of hydrogen-bond donors (Lipinski definition) is 2. The van der Waals surface area contributed by atoms with Gasteiger partial charge < -0.3 is 20.4 Å². The highest BCUT2D eigenvalue weighted by Gasteiger charge is 2.34. The Morgan fingerprint density at radius 3 is 2.17 bits per heavy atom. The fraction of sp³-hybridized carbons (Fsp3) is 0.432. The first-order valence-electron chi connectivity index (χ1n) is 16.6. The van der Waals surface area contributed by atoms with Crippen LogP contribution < -0.4 is 15.8 Å². The third kappa shape index (κ3) is 8.61. The average molecular weight is 648 g/mol. The predicted octanol–water partition coefficient (Wildman–Crippen LogP) is 6.35. The molecule has 0 atom stereocenters. The van der Waals surface area contributed by atoms with E-state index >= 15 is 0 Å². The third-order valence-corrected chi connectivity index (χ3v) is 9.57. The molecule has 2 aliphatic rings. The lowest BCUT2D eigenvalue weighted by Gasteiger charge is -2.34. The molecule has 3 aromatic carbocycles. The van der Waals surface area contributed by atoms with E-state index in [2.05, 4.69) is 73.1 Å². The van der Waals surface area contributed by atoms with E-state index in [0.29, 0.717) is 19.3 Å². The Morgan fingerprint density at radius 1 is 0.851 bits per heavy atom. The fourth-order valence-electron chi connectivity index (χ4n) is 6.87. The Kier molecular flexibility index (Phi) is 10.3. The molecule has 0 amide bonds. The number of hydrogen-bond acceptors (Lipinski definition) is 6. The number of halogens is 3. The maximum atomic E-state index is 12.9. The van der Waals surface area contributed by atoms with Gasteiger partial charge in [0.25, 0.3) is 0 Å². The van der Waals surface area contributed by atoms with Crippen LogP contribution in [0.2, 0.25) is 0 Å². The minimum atomic E-state index is -4.74. The van der Waals surface area contributed by atoms with Gasteiger partial charge in [-0.1, -0.05) is 48.5 Å². The number of carbonyl (C=O) groups is 1. The van der Waals surface area contributed by atoms with E-state index in [4.69, 9.17) is 5.73 Å². The average Bonchev–Trinajstić information content (AvgIpc) is 3.42. The zero-order chi connectivity index (χ0) is 32.9. The summed E-state index contributed by atoms with van der Waals surface area (Å²) in [5.74, 6) is -0.100. The molecule has 10 heteroatoms. The number of ether oxygens (including phenoxy) is 1. The second kappa shape index (κ2) is 14.6. The molecule has 47 heavy (non-hydrogen) atoms. The molecule has 0 spiro atoms. The van der Waals surface area contributed by atoms with E-state index < -0.39 is 11.9 Å². The third-order valence-electron chi connectivity index (χ3n) is 9.57. The predicted molar refractivity (Wildman–Crippen MR) is 179 cm³/mol. The second-order valence-electron chi connectivity index (χ2n) is 13.0. The van der Waals surface area contributed by atoms with Crippen molar-refractivity contribution in [3.05, 3.63) is 90.1 Å². The molecule has 0 saturated carbocycles. The van der Waals surface area contributed by atoms with Crippen molar-refractivity contribution in [2.45, 2.75) is 63.6 Å². The van der Waals surface area contributed by atoms with Crippen molar-refractivity contribution in [1.29, 1.82) is 0 Å². The van der Waals surface area contributed by atoms with Crippen LogP contribution in [0.25, 0.3) is 22.0 Å². The monoisotopic (exact) mass is 647 g/mol. The Bertz CT molecular complexity index is 1620. The number of piperazine rings is 1. The van der Waals surface area contributed by atoms with Gasteiger partial charge in [-0.25, -0.2) is 0 Å². The Balaban J connectivity index is 1.15. The minimum Gasteiger partial charge on any atom is -0.406 e. The summed E-state index contributed by atoms with van der Waals surface area (Å²) in [6.45, 7) is 8.05. The first-order valence-corrected chi connectivity index (χ1v) is 16.6. The summed E-state index contributed by atoms with van der Waals surface area (Å²) in [6, 6.07) is 23.2. The highest BCUT2D eigenvalue weighted by atomic mass is 19.4. The van der Waals surface area contributed by atoms with Crippen LogP contribution in [-0.4, -0.2) is 71.3 Å². The molecule has 0 bridgehead atoms. The maximum Gasteiger partial charge on any atom is 0.573 e. The number of nitrogens with two attached hydrogens (primary N) is 1. The number of alkyl halides is 3.